The molecule has 0 fully saturated rings. The highest BCUT2D eigenvalue weighted by Crippen LogP contribution is 2.32. The van der Waals surface area contributed by atoms with E-state index in [1.54, 1.807) is 6.20 Å². The molecule has 0 aliphatic heterocycles. The van der Waals surface area contributed by atoms with Crippen molar-refractivity contribution < 1.29 is 0 Å². The monoisotopic (exact) mass is 368 g/mol. The number of pyridine rings is 1. The molecule has 0 bridgehead atoms. The van der Waals surface area contributed by atoms with Crippen LogP contribution in [0.1, 0.15) is 49.9 Å². The van der Waals surface area contributed by atoms with Gasteiger partial charge in [-0.3, -0.25) is 4.98 Å². The number of aromatic nitrogens is 3. The molecule has 0 aromatic carbocycles. The number of rotatable bonds is 5. The molecule has 0 spiro atoms. The Morgan fingerprint density at radius 1 is 1.33 bits per heavy atom. The van der Waals surface area contributed by atoms with E-state index in [2.05, 4.69) is 69.6 Å². The zero-order valence-corrected chi connectivity index (χ0v) is 15.3. The molecule has 6 heteroatoms. The van der Waals surface area contributed by atoms with Crippen LogP contribution in [0.2, 0.25) is 0 Å². The van der Waals surface area contributed by atoms with Crippen molar-refractivity contribution in [2.75, 3.05) is 6.54 Å². The van der Waals surface area contributed by atoms with E-state index < -0.39 is 0 Å². The molecule has 21 heavy (non-hydrogen) atoms. The topological polar surface area (TPSA) is 50.7 Å². The van der Waals surface area contributed by atoms with E-state index >= 15 is 0 Å². The van der Waals surface area contributed by atoms with Gasteiger partial charge in [-0.15, -0.1) is 5.10 Å². The predicted octanol–water partition coefficient (Wildman–Crippen LogP) is 3.89. The maximum absolute atomic E-state index is 4.35. The lowest BCUT2D eigenvalue weighted by atomic mass is 9.89. The van der Waals surface area contributed by atoms with Gasteiger partial charge in [-0.1, -0.05) is 32.2 Å². The summed E-state index contributed by atoms with van der Waals surface area (Å²) in [6, 6.07) is 2.34. The highest BCUT2D eigenvalue weighted by atomic mass is 79.9. The van der Waals surface area contributed by atoms with Crippen molar-refractivity contribution in [1.82, 2.24) is 19.9 Å². The van der Waals surface area contributed by atoms with E-state index in [0.717, 1.165) is 23.1 Å². The van der Waals surface area contributed by atoms with E-state index in [4.69, 9.17) is 0 Å². The SMILES string of the molecule is CCNC(Cc1cncc(Br)c1)c1snnc1C(C)(C)C. The Bertz CT molecular complexity index is 591. The number of nitrogens with one attached hydrogen (secondary N) is 1. The molecule has 0 radical (unpaired) electrons. The van der Waals surface area contributed by atoms with Crippen LogP contribution in [-0.2, 0) is 11.8 Å². The molecule has 0 amide bonds. The zero-order valence-electron chi connectivity index (χ0n) is 12.9. The zero-order chi connectivity index (χ0) is 15.5. The summed E-state index contributed by atoms with van der Waals surface area (Å²) in [6.45, 7) is 9.57. The van der Waals surface area contributed by atoms with Gasteiger partial charge >= 0.3 is 0 Å². The number of likely N-dealkylation sites (N-methyl/N-ethyl adjacent to an activating group) is 1. The van der Waals surface area contributed by atoms with Crippen molar-refractivity contribution in [2.24, 2.45) is 0 Å². The quantitative estimate of drug-likeness (QED) is 0.869. The van der Waals surface area contributed by atoms with Crippen molar-refractivity contribution >= 4 is 27.5 Å². The van der Waals surface area contributed by atoms with Gasteiger partial charge in [-0.05, 0) is 52.1 Å². The maximum Gasteiger partial charge on any atom is 0.0857 e. The summed E-state index contributed by atoms with van der Waals surface area (Å²) in [4.78, 5) is 5.47. The summed E-state index contributed by atoms with van der Waals surface area (Å²) in [5.74, 6) is 0. The summed E-state index contributed by atoms with van der Waals surface area (Å²) in [5.41, 5.74) is 2.29. The Morgan fingerprint density at radius 3 is 2.71 bits per heavy atom. The molecule has 2 heterocycles. The van der Waals surface area contributed by atoms with Crippen LogP contribution in [-0.4, -0.2) is 21.1 Å². The van der Waals surface area contributed by atoms with Crippen LogP contribution >= 0.6 is 27.5 Å². The molecule has 0 aliphatic rings. The van der Waals surface area contributed by atoms with Crippen LogP contribution in [0.5, 0.6) is 0 Å². The fourth-order valence-corrected chi connectivity index (χ4v) is 3.60. The van der Waals surface area contributed by atoms with Crippen LogP contribution in [0.3, 0.4) is 0 Å². The van der Waals surface area contributed by atoms with Crippen LogP contribution in [0.25, 0.3) is 0 Å². The van der Waals surface area contributed by atoms with Crippen molar-refractivity contribution in [2.45, 2.75) is 45.6 Å². The summed E-state index contributed by atoms with van der Waals surface area (Å²) < 4.78 is 5.19. The molecule has 0 aliphatic carbocycles. The van der Waals surface area contributed by atoms with Gasteiger partial charge in [0.05, 0.1) is 10.6 Å². The van der Waals surface area contributed by atoms with Gasteiger partial charge < -0.3 is 5.32 Å². The van der Waals surface area contributed by atoms with Gasteiger partial charge in [0.15, 0.2) is 0 Å². The molecule has 1 unspecified atom stereocenters. The Balaban J connectivity index is 2.29. The summed E-state index contributed by atoms with van der Waals surface area (Å²) in [5, 5.41) is 7.91. The molecule has 2 rings (SSSR count). The highest BCUT2D eigenvalue weighted by Gasteiger charge is 2.27. The fourth-order valence-electron chi connectivity index (χ4n) is 2.25. The van der Waals surface area contributed by atoms with Gasteiger partial charge in [-0.25, -0.2) is 0 Å². The number of halogens is 1. The van der Waals surface area contributed by atoms with Crippen molar-refractivity contribution in [3.63, 3.8) is 0 Å². The minimum atomic E-state index is 0.00548. The summed E-state index contributed by atoms with van der Waals surface area (Å²) >= 11 is 4.97. The minimum absolute atomic E-state index is 0.00548. The largest absolute Gasteiger partial charge is 0.309 e. The summed E-state index contributed by atoms with van der Waals surface area (Å²) in [7, 11) is 0. The van der Waals surface area contributed by atoms with E-state index in [1.165, 1.54) is 22.0 Å². The molecule has 4 nitrogen and oxygen atoms in total. The van der Waals surface area contributed by atoms with Crippen LogP contribution in [0.4, 0.5) is 0 Å². The first-order chi connectivity index (χ1) is 9.91. The standard InChI is InChI=1S/C15H21BrN4S/c1-5-18-12(7-10-6-11(16)9-17-8-10)13-14(15(2,3)4)19-20-21-13/h6,8-9,12,18H,5,7H2,1-4H3. The third kappa shape index (κ3) is 4.31. The molecule has 0 saturated carbocycles. The molecule has 0 saturated heterocycles. The third-order valence-corrected chi connectivity index (χ3v) is 4.46. The lowest BCUT2D eigenvalue weighted by Crippen LogP contribution is -2.25. The Kier molecular flexibility index (Phi) is 5.46. The van der Waals surface area contributed by atoms with Crippen LogP contribution in [0.15, 0.2) is 22.9 Å². The van der Waals surface area contributed by atoms with Crippen molar-refractivity contribution in [3.8, 4) is 0 Å². The van der Waals surface area contributed by atoms with E-state index in [9.17, 15) is 0 Å². The predicted molar refractivity (Wildman–Crippen MR) is 90.7 cm³/mol. The van der Waals surface area contributed by atoms with Gasteiger partial charge in [0.25, 0.3) is 0 Å². The first-order valence-electron chi connectivity index (χ1n) is 7.07. The van der Waals surface area contributed by atoms with Gasteiger partial charge in [0.2, 0.25) is 0 Å². The average molecular weight is 369 g/mol. The first-order valence-corrected chi connectivity index (χ1v) is 8.64. The molecular formula is C15H21BrN4S. The molecule has 2 aromatic heterocycles. The maximum atomic E-state index is 4.35. The first kappa shape index (κ1) is 16.5. The van der Waals surface area contributed by atoms with E-state index in [-0.39, 0.29) is 11.5 Å². The van der Waals surface area contributed by atoms with Crippen LogP contribution < -0.4 is 5.32 Å². The second-order valence-electron chi connectivity index (χ2n) is 6.06. The molecular weight excluding hydrogens is 348 g/mol. The van der Waals surface area contributed by atoms with Crippen molar-refractivity contribution in [1.29, 1.82) is 0 Å². The second kappa shape index (κ2) is 6.94. The number of hydrogen-bond acceptors (Lipinski definition) is 5. The number of nitrogens with zero attached hydrogens (tertiary/aromatic N) is 3. The normalized spacial score (nSPS) is 13.4. The molecule has 1 atom stereocenters. The lowest BCUT2D eigenvalue weighted by molar-refractivity contribution is 0.514. The molecule has 1 N–H and O–H groups in total. The minimum Gasteiger partial charge on any atom is -0.309 e. The fraction of sp³-hybridized carbons (Fsp3) is 0.533. The Labute approximate surface area is 138 Å². The van der Waals surface area contributed by atoms with Gasteiger partial charge in [0, 0.05) is 28.3 Å². The molecule has 114 valence electrons. The Morgan fingerprint density at radius 2 is 2.10 bits per heavy atom. The Hall–Kier alpha value is -0.850. The second-order valence-corrected chi connectivity index (χ2v) is 7.76. The van der Waals surface area contributed by atoms with E-state index in [0.29, 0.717) is 0 Å². The smallest absolute Gasteiger partial charge is 0.0857 e. The highest BCUT2D eigenvalue weighted by molar-refractivity contribution is 9.10. The summed E-state index contributed by atoms with van der Waals surface area (Å²) in [6.07, 6.45) is 4.61. The molecule has 2 aromatic rings. The van der Waals surface area contributed by atoms with Gasteiger partial charge in [-0.2, -0.15) is 0 Å². The van der Waals surface area contributed by atoms with Gasteiger partial charge in [0.1, 0.15) is 0 Å². The van der Waals surface area contributed by atoms with E-state index in [1.807, 2.05) is 6.20 Å². The average Bonchev–Trinajstić information content (AvgIpc) is 2.87. The lowest BCUT2D eigenvalue weighted by Gasteiger charge is -2.22. The third-order valence-electron chi connectivity index (χ3n) is 3.19. The van der Waals surface area contributed by atoms with Crippen molar-refractivity contribution in [3.05, 3.63) is 39.1 Å². The number of hydrogen-bond donors (Lipinski definition) is 1. The van der Waals surface area contributed by atoms with Crippen LogP contribution in [0, 0.1) is 0 Å².